The van der Waals surface area contributed by atoms with Gasteiger partial charge in [-0.1, -0.05) is 42.3 Å². The zero-order chi connectivity index (χ0) is 14.3. The molecule has 2 nitrogen and oxygen atoms in total. The summed E-state index contributed by atoms with van der Waals surface area (Å²) in [5.41, 5.74) is 1.06. The predicted octanol–water partition coefficient (Wildman–Crippen LogP) is 4.33. The molecule has 1 N–H and O–H groups in total. The Bertz CT molecular complexity index is 384. The molecule has 108 valence electrons. The van der Waals surface area contributed by atoms with Gasteiger partial charge in [-0.05, 0) is 44.9 Å². The Kier molecular flexibility index (Phi) is 7.77. The lowest BCUT2D eigenvalue weighted by molar-refractivity contribution is 0.0476. The fourth-order valence-electron chi connectivity index (χ4n) is 2.06. The van der Waals surface area contributed by atoms with Crippen molar-refractivity contribution in [3.05, 3.63) is 33.8 Å². The minimum absolute atomic E-state index is 0.145. The predicted molar refractivity (Wildman–Crippen MR) is 83.3 cm³/mol. The van der Waals surface area contributed by atoms with Gasteiger partial charge in [0.1, 0.15) is 0 Å². The number of hydrogen-bond donors (Lipinski definition) is 1. The summed E-state index contributed by atoms with van der Waals surface area (Å²) in [4.78, 5) is 0. The highest BCUT2D eigenvalue weighted by Gasteiger charge is 2.19. The zero-order valence-corrected chi connectivity index (χ0v) is 13.4. The molecule has 0 aromatic heterocycles. The number of benzene rings is 1. The molecule has 1 aromatic carbocycles. The van der Waals surface area contributed by atoms with Crippen LogP contribution in [0.15, 0.2) is 18.2 Å². The summed E-state index contributed by atoms with van der Waals surface area (Å²) in [6.45, 7) is 7.95. The van der Waals surface area contributed by atoms with Crippen LogP contribution in [-0.2, 0) is 11.2 Å². The van der Waals surface area contributed by atoms with Crippen LogP contribution in [0, 0.1) is 0 Å². The molecule has 0 amide bonds. The normalized spacial score (nSPS) is 14.4. The maximum absolute atomic E-state index is 6.25. The van der Waals surface area contributed by atoms with E-state index in [1.165, 1.54) is 0 Å². The van der Waals surface area contributed by atoms with E-state index in [0.29, 0.717) is 10.0 Å². The molecular formula is C15H23Cl2NO. The Balaban J connectivity index is 2.78. The van der Waals surface area contributed by atoms with Crippen molar-refractivity contribution in [2.24, 2.45) is 0 Å². The molecule has 0 heterocycles. The van der Waals surface area contributed by atoms with E-state index in [0.717, 1.165) is 31.6 Å². The third-order valence-corrected chi connectivity index (χ3v) is 3.98. The highest BCUT2D eigenvalue weighted by atomic mass is 35.5. The molecule has 2 atom stereocenters. The van der Waals surface area contributed by atoms with Crippen molar-refractivity contribution in [1.82, 2.24) is 5.32 Å². The third-order valence-electron chi connectivity index (χ3n) is 3.12. The smallest absolute Gasteiger partial charge is 0.0703 e. The van der Waals surface area contributed by atoms with Crippen molar-refractivity contribution in [3.63, 3.8) is 0 Å². The van der Waals surface area contributed by atoms with Crippen LogP contribution < -0.4 is 5.32 Å². The summed E-state index contributed by atoms with van der Waals surface area (Å²) in [5.74, 6) is 0. The van der Waals surface area contributed by atoms with Crippen LogP contribution >= 0.6 is 23.2 Å². The topological polar surface area (TPSA) is 21.3 Å². The summed E-state index contributed by atoms with van der Waals surface area (Å²) in [5, 5.41) is 4.78. The monoisotopic (exact) mass is 303 g/mol. The van der Waals surface area contributed by atoms with Gasteiger partial charge in [-0.25, -0.2) is 0 Å². The second-order valence-corrected chi connectivity index (χ2v) is 5.42. The van der Waals surface area contributed by atoms with Gasteiger partial charge in [0.05, 0.1) is 16.1 Å². The van der Waals surface area contributed by atoms with Crippen LogP contribution in [0.3, 0.4) is 0 Å². The highest BCUT2D eigenvalue weighted by Crippen LogP contribution is 2.27. The first kappa shape index (κ1) is 16.8. The van der Waals surface area contributed by atoms with Crippen LogP contribution in [0.1, 0.15) is 32.8 Å². The maximum Gasteiger partial charge on any atom is 0.0703 e. The number of halogens is 2. The molecule has 19 heavy (non-hydrogen) atoms. The fraction of sp³-hybridized carbons (Fsp3) is 0.600. The largest absolute Gasteiger partial charge is 0.377 e. The Hall–Kier alpha value is -0.280. The Morgan fingerprint density at radius 1 is 1.26 bits per heavy atom. The van der Waals surface area contributed by atoms with Crippen molar-refractivity contribution in [3.8, 4) is 0 Å². The second-order valence-electron chi connectivity index (χ2n) is 4.64. The standard InChI is InChI=1S/C15H23Cl2NO/c1-4-9-18-14(11(3)19-5-2)10-12-7-6-8-13(16)15(12)17/h6-8,11,14,18H,4-5,9-10H2,1-3H3. The average molecular weight is 304 g/mol. The lowest BCUT2D eigenvalue weighted by Crippen LogP contribution is -2.42. The summed E-state index contributed by atoms with van der Waals surface area (Å²) in [7, 11) is 0. The van der Waals surface area contributed by atoms with Crippen LogP contribution in [0.5, 0.6) is 0 Å². The van der Waals surface area contributed by atoms with E-state index < -0.39 is 0 Å². The maximum atomic E-state index is 6.25. The first-order valence-electron chi connectivity index (χ1n) is 6.88. The minimum atomic E-state index is 0.145. The summed E-state index contributed by atoms with van der Waals surface area (Å²) >= 11 is 12.3. The number of ether oxygens (including phenoxy) is 1. The van der Waals surface area contributed by atoms with Gasteiger partial charge in [0, 0.05) is 12.6 Å². The van der Waals surface area contributed by atoms with Crippen molar-refractivity contribution in [1.29, 1.82) is 0 Å². The van der Waals surface area contributed by atoms with Crippen LogP contribution in [-0.4, -0.2) is 25.3 Å². The first-order valence-corrected chi connectivity index (χ1v) is 7.63. The lowest BCUT2D eigenvalue weighted by Gasteiger charge is -2.25. The molecule has 0 saturated carbocycles. The van der Waals surface area contributed by atoms with Gasteiger partial charge in [0.25, 0.3) is 0 Å². The summed E-state index contributed by atoms with van der Waals surface area (Å²) in [6, 6.07) is 6.02. The molecule has 0 aliphatic rings. The van der Waals surface area contributed by atoms with Crippen molar-refractivity contribution in [2.45, 2.75) is 45.8 Å². The van der Waals surface area contributed by atoms with E-state index in [4.69, 9.17) is 27.9 Å². The molecule has 0 bridgehead atoms. The van der Waals surface area contributed by atoms with Gasteiger partial charge < -0.3 is 10.1 Å². The van der Waals surface area contributed by atoms with Crippen molar-refractivity contribution >= 4 is 23.2 Å². The quantitative estimate of drug-likeness (QED) is 0.772. The SMILES string of the molecule is CCCNC(Cc1cccc(Cl)c1Cl)C(C)OCC. The lowest BCUT2D eigenvalue weighted by atomic mass is 10.0. The van der Waals surface area contributed by atoms with Crippen molar-refractivity contribution in [2.75, 3.05) is 13.2 Å². The highest BCUT2D eigenvalue weighted by molar-refractivity contribution is 6.42. The third kappa shape index (κ3) is 5.31. The van der Waals surface area contributed by atoms with Crippen LogP contribution in [0.25, 0.3) is 0 Å². The number of rotatable bonds is 8. The first-order chi connectivity index (χ1) is 9.10. The van der Waals surface area contributed by atoms with Crippen LogP contribution in [0.2, 0.25) is 10.0 Å². The molecule has 1 rings (SSSR count). The van der Waals surface area contributed by atoms with Crippen molar-refractivity contribution < 1.29 is 4.74 Å². The Morgan fingerprint density at radius 3 is 2.63 bits per heavy atom. The summed E-state index contributed by atoms with van der Waals surface area (Å²) in [6.07, 6.45) is 2.06. The Morgan fingerprint density at radius 2 is 2.00 bits per heavy atom. The second kappa shape index (κ2) is 8.80. The average Bonchev–Trinajstić information content (AvgIpc) is 2.39. The Labute approximate surface area is 126 Å². The van der Waals surface area contributed by atoms with E-state index in [9.17, 15) is 0 Å². The molecule has 0 fully saturated rings. The summed E-state index contributed by atoms with van der Waals surface area (Å²) < 4.78 is 5.70. The van der Waals surface area contributed by atoms with Gasteiger partial charge in [-0.3, -0.25) is 0 Å². The molecule has 1 aromatic rings. The van der Waals surface area contributed by atoms with E-state index in [-0.39, 0.29) is 12.1 Å². The molecule has 0 aliphatic heterocycles. The molecular weight excluding hydrogens is 281 g/mol. The van der Waals surface area contributed by atoms with Gasteiger partial charge in [-0.15, -0.1) is 0 Å². The van der Waals surface area contributed by atoms with Gasteiger partial charge in [0.2, 0.25) is 0 Å². The van der Waals surface area contributed by atoms with E-state index in [1.54, 1.807) is 0 Å². The number of hydrogen-bond acceptors (Lipinski definition) is 2. The van der Waals surface area contributed by atoms with E-state index in [2.05, 4.69) is 19.2 Å². The van der Waals surface area contributed by atoms with E-state index >= 15 is 0 Å². The van der Waals surface area contributed by atoms with E-state index in [1.807, 2.05) is 25.1 Å². The molecule has 4 heteroatoms. The zero-order valence-electron chi connectivity index (χ0n) is 11.9. The van der Waals surface area contributed by atoms with Gasteiger partial charge >= 0.3 is 0 Å². The molecule has 0 aliphatic carbocycles. The van der Waals surface area contributed by atoms with Crippen LogP contribution in [0.4, 0.5) is 0 Å². The molecule has 0 saturated heterocycles. The molecule has 0 spiro atoms. The molecule has 0 radical (unpaired) electrons. The minimum Gasteiger partial charge on any atom is -0.377 e. The number of nitrogens with one attached hydrogen (secondary N) is 1. The van der Waals surface area contributed by atoms with Gasteiger partial charge in [0.15, 0.2) is 0 Å². The molecule has 2 unspecified atom stereocenters. The fourth-order valence-corrected chi connectivity index (χ4v) is 2.45. The van der Waals surface area contributed by atoms with Gasteiger partial charge in [-0.2, -0.15) is 0 Å².